The first-order valence-electron chi connectivity index (χ1n) is 3.71. The normalized spacial score (nSPS) is 10.4. The summed E-state index contributed by atoms with van der Waals surface area (Å²) >= 11 is 2.05. The van der Waals surface area contributed by atoms with E-state index in [1.807, 2.05) is 13.8 Å². The molecule has 1 aromatic carbocycles. The second-order valence-electron chi connectivity index (χ2n) is 2.74. The van der Waals surface area contributed by atoms with Crippen molar-refractivity contribution in [2.75, 3.05) is 0 Å². The van der Waals surface area contributed by atoms with Crippen molar-refractivity contribution in [1.29, 1.82) is 0 Å². The van der Waals surface area contributed by atoms with E-state index in [1.54, 1.807) is 6.07 Å². The van der Waals surface area contributed by atoms with E-state index in [0.29, 0.717) is 0 Å². The van der Waals surface area contributed by atoms with Crippen molar-refractivity contribution in [3.8, 4) is 5.75 Å². The molecule has 0 amide bonds. The average molecular weight is 280 g/mol. The van der Waals surface area contributed by atoms with Crippen LogP contribution in [0.15, 0.2) is 18.2 Å². The van der Waals surface area contributed by atoms with Crippen molar-refractivity contribution in [1.82, 2.24) is 0 Å². The van der Waals surface area contributed by atoms with Crippen molar-refractivity contribution in [3.63, 3.8) is 0 Å². The van der Waals surface area contributed by atoms with Gasteiger partial charge in [-0.15, -0.1) is 0 Å². The van der Waals surface area contributed by atoms with Crippen molar-refractivity contribution in [2.24, 2.45) is 0 Å². The average Bonchev–Trinajstić information content (AvgIpc) is 1.94. The zero-order valence-electron chi connectivity index (χ0n) is 6.97. The summed E-state index contributed by atoms with van der Waals surface area (Å²) < 4.78 is 18.9. The van der Waals surface area contributed by atoms with Gasteiger partial charge in [-0.05, 0) is 54.6 Å². The van der Waals surface area contributed by atoms with Gasteiger partial charge >= 0.3 is 0 Å². The van der Waals surface area contributed by atoms with E-state index in [2.05, 4.69) is 22.6 Å². The Morgan fingerprint density at radius 2 is 2.08 bits per heavy atom. The Kier molecular flexibility index (Phi) is 3.31. The molecule has 12 heavy (non-hydrogen) atoms. The minimum atomic E-state index is -0.226. The molecule has 0 aromatic heterocycles. The number of ether oxygens (including phenoxy) is 1. The van der Waals surface area contributed by atoms with Crippen LogP contribution in [0.5, 0.6) is 5.75 Å². The van der Waals surface area contributed by atoms with Gasteiger partial charge in [-0.3, -0.25) is 0 Å². The molecule has 0 saturated carbocycles. The molecule has 0 atom stereocenters. The zero-order chi connectivity index (χ0) is 9.14. The Bertz CT molecular complexity index is 273. The third-order valence-electron chi connectivity index (χ3n) is 1.26. The fourth-order valence-electron chi connectivity index (χ4n) is 0.825. The van der Waals surface area contributed by atoms with E-state index in [-0.39, 0.29) is 11.9 Å². The first kappa shape index (κ1) is 9.77. The van der Waals surface area contributed by atoms with Crippen LogP contribution in [0.3, 0.4) is 0 Å². The van der Waals surface area contributed by atoms with E-state index in [1.165, 1.54) is 12.1 Å². The lowest BCUT2D eigenvalue weighted by atomic mass is 10.3. The maximum absolute atomic E-state index is 12.6. The van der Waals surface area contributed by atoms with E-state index in [0.717, 1.165) is 9.32 Å². The van der Waals surface area contributed by atoms with Gasteiger partial charge in [-0.1, -0.05) is 0 Å². The van der Waals surface area contributed by atoms with Crippen molar-refractivity contribution in [2.45, 2.75) is 20.0 Å². The van der Waals surface area contributed by atoms with Crippen molar-refractivity contribution in [3.05, 3.63) is 27.6 Å². The van der Waals surface area contributed by atoms with Gasteiger partial charge in [-0.2, -0.15) is 0 Å². The van der Waals surface area contributed by atoms with Crippen LogP contribution in [-0.2, 0) is 0 Å². The van der Waals surface area contributed by atoms with Gasteiger partial charge in [0.15, 0.2) is 0 Å². The second kappa shape index (κ2) is 4.07. The Morgan fingerprint density at radius 3 is 2.58 bits per heavy atom. The Hall–Kier alpha value is -0.320. The molecule has 0 radical (unpaired) electrons. The largest absolute Gasteiger partial charge is 0.490 e. The highest BCUT2D eigenvalue weighted by Crippen LogP contribution is 2.22. The molecule has 3 heteroatoms. The summed E-state index contributed by atoms with van der Waals surface area (Å²) in [7, 11) is 0. The summed E-state index contributed by atoms with van der Waals surface area (Å²) in [6, 6.07) is 4.51. The zero-order valence-corrected chi connectivity index (χ0v) is 9.13. The minimum Gasteiger partial charge on any atom is -0.490 e. The molecule has 0 heterocycles. The van der Waals surface area contributed by atoms with Crippen LogP contribution in [-0.4, -0.2) is 6.10 Å². The maximum Gasteiger partial charge on any atom is 0.133 e. The molecule has 66 valence electrons. The summed E-state index contributed by atoms with van der Waals surface area (Å²) in [4.78, 5) is 0. The molecule has 0 aliphatic carbocycles. The predicted octanol–water partition coefficient (Wildman–Crippen LogP) is 3.22. The van der Waals surface area contributed by atoms with Gasteiger partial charge in [0.25, 0.3) is 0 Å². The highest BCUT2D eigenvalue weighted by molar-refractivity contribution is 14.1. The molecule has 0 fully saturated rings. The fourth-order valence-corrected chi connectivity index (χ4v) is 1.43. The van der Waals surface area contributed by atoms with Gasteiger partial charge in [0.1, 0.15) is 11.6 Å². The quantitative estimate of drug-likeness (QED) is 0.756. The molecule has 0 saturated heterocycles. The molecular weight excluding hydrogens is 270 g/mol. The molecule has 1 nitrogen and oxygen atoms in total. The third-order valence-corrected chi connectivity index (χ3v) is 2.10. The van der Waals surface area contributed by atoms with Crippen LogP contribution in [0.1, 0.15) is 13.8 Å². The molecule has 0 bridgehead atoms. The monoisotopic (exact) mass is 280 g/mol. The molecule has 0 spiro atoms. The lowest BCUT2D eigenvalue weighted by Gasteiger charge is -2.10. The Morgan fingerprint density at radius 1 is 1.42 bits per heavy atom. The van der Waals surface area contributed by atoms with Crippen LogP contribution in [0.25, 0.3) is 0 Å². The van der Waals surface area contributed by atoms with Crippen LogP contribution in [0.2, 0.25) is 0 Å². The first-order valence-corrected chi connectivity index (χ1v) is 4.79. The molecule has 0 N–H and O–H groups in total. The summed E-state index contributed by atoms with van der Waals surface area (Å²) in [5, 5.41) is 0. The first-order chi connectivity index (χ1) is 5.59. The maximum atomic E-state index is 12.6. The number of benzene rings is 1. The molecular formula is C9H10FIO. The van der Waals surface area contributed by atoms with Crippen LogP contribution in [0, 0.1) is 9.39 Å². The lowest BCUT2D eigenvalue weighted by Crippen LogP contribution is -2.06. The van der Waals surface area contributed by atoms with Gasteiger partial charge in [0, 0.05) is 0 Å². The number of hydrogen-bond donors (Lipinski definition) is 0. The fraction of sp³-hybridized carbons (Fsp3) is 0.333. The Balaban J connectivity index is 2.86. The highest BCUT2D eigenvalue weighted by Gasteiger charge is 2.03. The lowest BCUT2D eigenvalue weighted by molar-refractivity contribution is 0.240. The van der Waals surface area contributed by atoms with Crippen LogP contribution in [0.4, 0.5) is 4.39 Å². The standard InChI is InChI=1S/C9H10FIO/c1-6(2)12-9-4-3-7(10)5-8(9)11/h3-6H,1-2H3. The number of halogens is 2. The van der Waals surface area contributed by atoms with E-state index < -0.39 is 0 Å². The van der Waals surface area contributed by atoms with E-state index >= 15 is 0 Å². The summed E-state index contributed by atoms with van der Waals surface area (Å²) in [5.74, 6) is 0.516. The molecule has 0 aliphatic heterocycles. The molecule has 1 rings (SSSR count). The third kappa shape index (κ3) is 2.62. The Labute approximate surface area is 85.1 Å². The second-order valence-corrected chi connectivity index (χ2v) is 3.90. The van der Waals surface area contributed by atoms with Crippen molar-refractivity contribution >= 4 is 22.6 Å². The van der Waals surface area contributed by atoms with Gasteiger partial charge in [-0.25, -0.2) is 4.39 Å². The SMILES string of the molecule is CC(C)Oc1ccc(F)cc1I. The van der Waals surface area contributed by atoms with Gasteiger partial charge < -0.3 is 4.74 Å². The molecule has 0 unspecified atom stereocenters. The van der Waals surface area contributed by atoms with Gasteiger partial charge in [0.05, 0.1) is 9.67 Å². The topological polar surface area (TPSA) is 9.23 Å². The minimum absolute atomic E-state index is 0.129. The van der Waals surface area contributed by atoms with E-state index in [9.17, 15) is 4.39 Å². The highest BCUT2D eigenvalue weighted by atomic mass is 127. The smallest absolute Gasteiger partial charge is 0.133 e. The number of rotatable bonds is 2. The number of hydrogen-bond acceptors (Lipinski definition) is 1. The van der Waals surface area contributed by atoms with Crippen LogP contribution >= 0.6 is 22.6 Å². The van der Waals surface area contributed by atoms with Gasteiger partial charge in [0.2, 0.25) is 0 Å². The molecule has 0 aliphatic rings. The summed E-state index contributed by atoms with van der Waals surface area (Å²) in [5.41, 5.74) is 0. The molecule has 1 aromatic rings. The van der Waals surface area contributed by atoms with E-state index in [4.69, 9.17) is 4.74 Å². The van der Waals surface area contributed by atoms with Crippen molar-refractivity contribution < 1.29 is 9.13 Å². The summed E-state index contributed by atoms with van der Waals surface area (Å²) in [6.07, 6.45) is 0.129. The predicted molar refractivity (Wildman–Crippen MR) is 54.9 cm³/mol. The van der Waals surface area contributed by atoms with Crippen LogP contribution < -0.4 is 4.74 Å². The summed E-state index contributed by atoms with van der Waals surface area (Å²) in [6.45, 7) is 3.89.